The number of aliphatic carboxylic acids is 2. The fourth-order valence-corrected chi connectivity index (χ4v) is 4.37. The van der Waals surface area contributed by atoms with Crippen molar-refractivity contribution in [3.8, 4) is 0 Å². The molecule has 10 nitrogen and oxygen atoms in total. The third-order valence-corrected chi connectivity index (χ3v) is 5.87. The number of hydrogen-bond acceptors (Lipinski definition) is 7. The Labute approximate surface area is 147 Å². The maximum absolute atomic E-state index is 12.2. The summed E-state index contributed by atoms with van der Waals surface area (Å²) < 4.78 is 0. The van der Waals surface area contributed by atoms with Crippen LogP contribution in [0.2, 0.25) is 0 Å². The SMILES string of the molecule is C[C@@]1(O)CS[C@@H]2[C@H](NC(=O)CCC[C@@H](N)C(=O)O)C(=O)N2[C@H]1C(=O)O. The molecule has 6 N–H and O–H groups in total. The van der Waals surface area contributed by atoms with Crippen molar-refractivity contribution in [2.24, 2.45) is 5.73 Å². The number of carbonyl (C=O) groups excluding carboxylic acids is 2. The van der Waals surface area contributed by atoms with Crippen LogP contribution in [0.3, 0.4) is 0 Å². The molecule has 2 fully saturated rings. The van der Waals surface area contributed by atoms with Crippen molar-refractivity contribution in [2.45, 2.75) is 55.3 Å². The molecule has 0 saturated carbocycles. The highest BCUT2D eigenvalue weighted by Crippen LogP contribution is 2.42. The number of nitrogens with two attached hydrogens (primary N) is 1. The first-order valence-electron chi connectivity index (χ1n) is 7.73. The van der Waals surface area contributed by atoms with E-state index in [0.717, 1.165) is 4.90 Å². The van der Waals surface area contributed by atoms with Gasteiger partial charge in [-0.25, -0.2) is 4.79 Å². The Kier molecular flexibility index (Phi) is 5.59. The van der Waals surface area contributed by atoms with Gasteiger partial charge in [-0.3, -0.25) is 14.4 Å². The van der Waals surface area contributed by atoms with Gasteiger partial charge >= 0.3 is 11.9 Å². The van der Waals surface area contributed by atoms with Gasteiger partial charge in [-0.15, -0.1) is 11.8 Å². The standard InChI is InChI=1S/C14H21N3O7S/c1-14(24)5-25-11-8(10(19)17(11)9(14)13(22)23)16-7(18)4-2-3-6(15)12(20)21/h6,8-9,11,24H,2-5,15H2,1H3,(H,16,18)(H,20,21)(H,22,23)/t6-,8-,9+,11-,14-/m1/s1. The summed E-state index contributed by atoms with van der Waals surface area (Å²) in [5.41, 5.74) is 3.79. The van der Waals surface area contributed by atoms with Crippen molar-refractivity contribution >= 4 is 35.5 Å². The zero-order valence-corrected chi connectivity index (χ0v) is 14.4. The molecular weight excluding hydrogens is 354 g/mol. The minimum absolute atomic E-state index is 0.0161. The van der Waals surface area contributed by atoms with E-state index in [1.54, 1.807) is 0 Å². The molecule has 2 aliphatic rings. The molecule has 11 heteroatoms. The van der Waals surface area contributed by atoms with E-state index in [1.165, 1.54) is 18.7 Å². The first kappa shape index (κ1) is 19.5. The van der Waals surface area contributed by atoms with E-state index in [9.17, 15) is 29.4 Å². The monoisotopic (exact) mass is 375 g/mol. The molecule has 2 rings (SSSR count). The highest BCUT2D eigenvalue weighted by Gasteiger charge is 2.61. The average molecular weight is 375 g/mol. The number of carboxylic acids is 2. The molecule has 0 spiro atoms. The number of carbonyl (C=O) groups is 4. The fraction of sp³-hybridized carbons (Fsp3) is 0.714. The van der Waals surface area contributed by atoms with Crippen molar-refractivity contribution in [3.05, 3.63) is 0 Å². The van der Waals surface area contributed by atoms with Crippen molar-refractivity contribution < 1.29 is 34.5 Å². The van der Waals surface area contributed by atoms with Gasteiger partial charge in [0.25, 0.3) is 0 Å². The van der Waals surface area contributed by atoms with E-state index in [2.05, 4.69) is 5.32 Å². The summed E-state index contributed by atoms with van der Waals surface area (Å²) >= 11 is 1.21. The highest BCUT2D eigenvalue weighted by atomic mass is 32.2. The van der Waals surface area contributed by atoms with Gasteiger partial charge in [-0.1, -0.05) is 0 Å². The van der Waals surface area contributed by atoms with Crippen LogP contribution in [-0.4, -0.2) is 78.8 Å². The molecule has 0 bridgehead atoms. The Hall–Kier alpha value is -1.85. The minimum atomic E-state index is -1.55. The summed E-state index contributed by atoms with van der Waals surface area (Å²) in [7, 11) is 0. The summed E-state index contributed by atoms with van der Waals surface area (Å²) in [5.74, 6) is -3.30. The second-order valence-electron chi connectivity index (χ2n) is 6.43. The lowest BCUT2D eigenvalue weighted by atomic mass is 9.91. The highest BCUT2D eigenvalue weighted by molar-refractivity contribution is 8.00. The Morgan fingerprint density at radius 2 is 2.08 bits per heavy atom. The molecule has 0 aromatic rings. The molecule has 0 aliphatic carbocycles. The predicted octanol–water partition coefficient (Wildman–Crippen LogP) is -1.83. The molecule has 0 aromatic carbocycles. The van der Waals surface area contributed by atoms with Crippen LogP contribution in [0.4, 0.5) is 0 Å². The van der Waals surface area contributed by atoms with Gasteiger partial charge in [-0.05, 0) is 19.8 Å². The molecule has 0 radical (unpaired) electrons. The van der Waals surface area contributed by atoms with Crippen molar-refractivity contribution in [3.63, 3.8) is 0 Å². The number of β-lactam (4-membered cyclic amide) rings is 1. The van der Waals surface area contributed by atoms with Gasteiger partial charge in [0.05, 0.1) is 0 Å². The molecule has 2 aliphatic heterocycles. The van der Waals surface area contributed by atoms with Gasteiger partial charge in [0.2, 0.25) is 11.8 Å². The third kappa shape index (κ3) is 3.88. The van der Waals surface area contributed by atoms with E-state index in [-0.39, 0.29) is 25.0 Å². The van der Waals surface area contributed by atoms with Gasteiger partial charge in [0, 0.05) is 12.2 Å². The Morgan fingerprint density at radius 3 is 2.64 bits per heavy atom. The lowest BCUT2D eigenvalue weighted by Crippen LogP contribution is -2.78. The van der Waals surface area contributed by atoms with E-state index in [4.69, 9.17) is 10.8 Å². The molecule has 25 heavy (non-hydrogen) atoms. The number of carboxylic acid groups (broad SMARTS) is 2. The zero-order chi connectivity index (χ0) is 18.9. The molecule has 0 unspecified atom stereocenters. The third-order valence-electron chi connectivity index (χ3n) is 4.28. The van der Waals surface area contributed by atoms with Crippen molar-refractivity contribution in [1.82, 2.24) is 10.2 Å². The Morgan fingerprint density at radius 1 is 1.44 bits per heavy atom. The molecule has 0 aromatic heterocycles. The van der Waals surface area contributed by atoms with E-state index in [0.29, 0.717) is 0 Å². The maximum Gasteiger partial charge on any atom is 0.329 e. The number of rotatable bonds is 7. The molecule has 5 atom stereocenters. The van der Waals surface area contributed by atoms with E-state index >= 15 is 0 Å². The number of nitrogens with zero attached hydrogens (tertiary/aromatic N) is 1. The van der Waals surface area contributed by atoms with Crippen LogP contribution in [0.25, 0.3) is 0 Å². The lowest BCUT2D eigenvalue weighted by molar-refractivity contribution is -0.174. The number of hydrogen-bond donors (Lipinski definition) is 5. The normalized spacial score (nSPS) is 32.4. The van der Waals surface area contributed by atoms with Gasteiger partial charge in [-0.2, -0.15) is 0 Å². The van der Waals surface area contributed by atoms with E-state index < -0.39 is 52.9 Å². The maximum atomic E-state index is 12.2. The van der Waals surface area contributed by atoms with Crippen LogP contribution in [0.5, 0.6) is 0 Å². The number of fused-ring (bicyclic) bond motifs is 1. The molecule has 2 saturated heterocycles. The second kappa shape index (κ2) is 7.18. The molecule has 140 valence electrons. The molecule has 2 amide bonds. The minimum Gasteiger partial charge on any atom is -0.480 e. The second-order valence-corrected chi connectivity index (χ2v) is 7.53. The van der Waals surface area contributed by atoms with Crippen LogP contribution in [-0.2, 0) is 19.2 Å². The fourth-order valence-electron chi connectivity index (χ4n) is 2.94. The largest absolute Gasteiger partial charge is 0.480 e. The van der Waals surface area contributed by atoms with Gasteiger partial charge < -0.3 is 31.3 Å². The average Bonchev–Trinajstić information content (AvgIpc) is 2.51. The summed E-state index contributed by atoms with van der Waals surface area (Å²) in [6.07, 6.45) is 0.409. The summed E-state index contributed by atoms with van der Waals surface area (Å²) in [6, 6.07) is -3.24. The number of thioether (sulfide) groups is 1. The van der Waals surface area contributed by atoms with Crippen LogP contribution in [0, 0.1) is 0 Å². The number of aliphatic hydroxyl groups is 1. The number of amides is 2. The summed E-state index contributed by atoms with van der Waals surface area (Å²) in [4.78, 5) is 47.2. The quantitative estimate of drug-likeness (QED) is 0.321. The summed E-state index contributed by atoms with van der Waals surface area (Å²) in [5, 5.41) is 30.1. The van der Waals surface area contributed by atoms with E-state index in [1.807, 2.05) is 0 Å². The van der Waals surface area contributed by atoms with Crippen molar-refractivity contribution in [1.29, 1.82) is 0 Å². The first-order valence-corrected chi connectivity index (χ1v) is 8.78. The number of nitrogens with one attached hydrogen (secondary N) is 1. The van der Waals surface area contributed by atoms with Gasteiger partial charge in [0.1, 0.15) is 23.1 Å². The van der Waals surface area contributed by atoms with Gasteiger partial charge in [0.15, 0.2) is 6.04 Å². The first-order chi connectivity index (χ1) is 11.6. The smallest absolute Gasteiger partial charge is 0.329 e. The van der Waals surface area contributed by atoms with Crippen LogP contribution in [0.15, 0.2) is 0 Å². The topological polar surface area (TPSA) is 170 Å². The van der Waals surface area contributed by atoms with Crippen LogP contribution < -0.4 is 11.1 Å². The lowest BCUT2D eigenvalue weighted by Gasteiger charge is -2.56. The zero-order valence-electron chi connectivity index (χ0n) is 13.5. The van der Waals surface area contributed by atoms with Crippen molar-refractivity contribution in [2.75, 3.05) is 5.75 Å². The van der Waals surface area contributed by atoms with Crippen LogP contribution >= 0.6 is 11.8 Å². The Bertz CT molecular complexity index is 597. The molecular formula is C14H21N3O7S. The van der Waals surface area contributed by atoms with Crippen LogP contribution in [0.1, 0.15) is 26.2 Å². The predicted molar refractivity (Wildman–Crippen MR) is 86.5 cm³/mol. The molecule has 2 heterocycles. The summed E-state index contributed by atoms with van der Waals surface area (Å²) in [6.45, 7) is 1.36. The Balaban J connectivity index is 1.89.